The summed E-state index contributed by atoms with van der Waals surface area (Å²) in [5.74, 6) is -0.313. The van der Waals surface area contributed by atoms with Crippen LogP contribution in [0.15, 0.2) is 5.16 Å². The van der Waals surface area contributed by atoms with Crippen LogP contribution in [0, 0.1) is 19.8 Å². The van der Waals surface area contributed by atoms with Crippen molar-refractivity contribution in [3.63, 3.8) is 0 Å². The number of imidazole rings is 1. The smallest absolute Gasteiger partial charge is 0.346 e. The van der Waals surface area contributed by atoms with E-state index in [9.17, 15) is 18.0 Å². The van der Waals surface area contributed by atoms with E-state index in [0.717, 1.165) is 29.7 Å². The van der Waals surface area contributed by atoms with E-state index in [1.165, 1.54) is 0 Å². The van der Waals surface area contributed by atoms with Crippen LogP contribution in [0.25, 0.3) is 0 Å². The van der Waals surface area contributed by atoms with E-state index in [0.29, 0.717) is 11.1 Å². The molecule has 1 aromatic rings. The SMILES string of the molecule is Cc1nc(SCC(=O)NCC(F)(F)F)n(CC(C)C)c1C. The quantitative estimate of drug-likeness (QED) is 0.819. The van der Waals surface area contributed by atoms with Crippen LogP contribution in [0.2, 0.25) is 0 Å². The third-order valence-electron chi connectivity index (χ3n) is 2.79. The zero-order valence-electron chi connectivity index (χ0n) is 12.5. The van der Waals surface area contributed by atoms with E-state index in [4.69, 9.17) is 0 Å². The molecular formula is C13H20F3N3OS. The molecule has 0 aliphatic heterocycles. The highest BCUT2D eigenvalue weighted by atomic mass is 32.2. The Kier molecular flexibility index (Phi) is 6.12. The molecule has 1 amide bonds. The van der Waals surface area contributed by atoms with Gasteiger partial charge in [-0.25, -0.2) is 4.98 Å². The van der Waals surface area contributed by atoms with Gasteiger partial charge in [-0.3, -0.25) is 4.79 Å². The summed E-state index contributed by atoms with van der Waals surface area (Å²) >= 11 is 1.16. The minimum absolute atomic E-state index is 0.0793. The summed E-state index contributed by atoms with van der Waals surface area (Å²) in [4.78, 5) is 15.8. The Hall–Kier alpha value is -1.18. The van der Waals surface area contributed by atoms with Crippen LogP contribution >= 0.6 is 11.8 Å². The number of nitrogens with zero attached hydrogens (tertiary/aromatic N) is 2. The molecule has 4 nitrogen and oxygen atoms in total. The van der Waals surface area contributed by atoms with Gasteiger partial charge in [-0.05, 0) is 19.8 Å². The predicted octanol–water partition coefficient (Wildman–Crippen LogP) is 2.93. The van der Waals surface area contributed by atoms with Gasteiger partial charge in [0, 0.05) is 12.2 Å². The molecule has 1 aromatic heterocycles. The summed E-state index contributed by atoms with van der Waals surface area (Å²) in [6.45, 7) is 7.42. The first kappa shape index (κ1) is 17.9. The average Bonchev–Trinajstić information content (AvgIpc) is 2.60. The van der Waals surface area contributed by atoms with Gasteiger partial charge in [0.1, 0.15) is 6.54 Å². The zero-order valence-corrected chi connectivity index (χ0v) is 13.4. The molecule has 1 N–H and O–H groups in total. The molecule has 0 aliphatic rings. The second-order valence-electron chi connectivity index (χ2n) is 5.25. The standard InChI is InChI=1S/C13H20F3N3OS/c1-8(2)5-19-10(4)9(3)18-12(19)21-6-11(20)17-7-13(14,15)16/h8H,5-7H2,1-4H3,(H,17,20). The largest absolute Gasteiger partial charge is 0.405 e. The molecular weight excluding hydrogens is 303 g/mol. The molecule has 0 aromatic carbocycles. The normalized spacial score (nSPS) is 12.0. The number of carbonyl (C=O) groups excluding carboxylic acids is 1. The van der Waals surface area contributed by atoms with Gasteiger partial charge < -0.3 is 9.88 Å². The van der Waals surface area contributed by atoms with Crippen LogP contribution in [0.4, 0.5) is 13.2 Å². The summed E-state index contributed by atoms with van der Waals surface area (Å²) in [6, 6.07) is 0. The second kappa shape index (κ2) is 7.20. The molecule has 0 unspecified atom stereocenters. The van der Waals surface area contributed by atoms with Gasteiger partial charge in [-0.15, -0.1) is 0 Å². The molecule has 120 valence electrons. The summed E-state index contributed by atoms with van der Waals surface area (Å²) in [5, 5.41) is 2.52. The Labute approximate surface area is 126 Å². The van der Waals surface area contributed by atoms with E-state index in [1.54, 1.807) is 0 Å². The number of thioether (sulfide) groups is 1. The lowest BCUT2D eigenvalue weighted by Crippen LogP contribution is -2.34. The number of halogens is 3. The molecule has 0 radical (unpaired) electrons. The third kappa shape index (κ3) is 5.99. The molecule has 0 bridgehead atoms. The number of hydrogen-bond donors (Lipinski definition) is 1. The van der Waals surface area contributed by atoms with Gasteiger partial charge in [-0.2, -0.15) is 13.2 Å². The second-order valence-corrected chi connectivity index (χ2v) is 6.19. The number of amides is 1. The predicted molar refractivity (Wildman–Crippen MR) is 76.3 cm³/mol. The Morgan fingerprint density at radius 2 is 2.00 bits per heavy atom. The van der Waals surface area contributed by atoms with Gasteiger partial charge >= 0.3 is 6.18 Å². The topological polar surface area (TPSA) is 46.9 Å². The average molecular weight is 323 g/mol. The highest BCUT2D eigenvalue weighted by molar-refractivity contribution is 7.99. The van der Waals surface area contributed by atoms with Crippen molar-refractivity contribution in [1.29, 1.82) is 0 Å². The van der Waals surface area contributed by atoms with Crippen LogP contribution in [0.3, 0.4) is 0 Å². The van der Waals surface area contributed by atoms with Crippen molar-refractivity contribution in [1.82, 2.24) is 14.9 Å². The highest BCUT2D eigenvalue weighted by Gasteiger charge is 2.27. The Balaban J connectivity index is 2.63. The van der Waals surface area contributed by atoms with Gasteiger partial charge in [0.25, 0.3) is 0 Å². The van der Waals surface area contributed by atoms with E-state index < -0.39 is 18.6 Å². The van der Waals surface area contributed by atoms with Crippen molar-refractivity contribution in [2.75, 3.05) is 12.3 Å². The number of rotatable bonds is 6. The molecule has 0 aliphatic carbocycles. The van der Waals surface area contributed by atoms with E-state index in [2.05, 4.69) is 18.8 Å². The summed E-state index contributed by atoms with van der Waals surface area (Å²) in [7, 11) is 0. The van der Waals surface area contributed by atoms with Crippen molar-refractivity contribution in [3.8, 4) is 0 Å². The first-order valence-electron chi connectivity index (χ1n) is 6.60. The van der Waals surface area contributed by atoms with Crippen molar-refractivity contribution in [2.45, 2.75) is 45.6 Å². The van der Waals surface area contributed by atoms with Crippen LogP contribution in [0.5, 0.6) is 0 Å². The minimum Gasteiger partial charge on any atom is -0.346 e. The fraction of sp³-hybridized carbons (Fsp3) is 0.692. The van der Waals surface area contributed by atoms with Gasteiger partial charge in [-0.1, -0.05) is 25.6 Å². The van der Waals surface area contributed by atoms with Gasteiger partial charge in [0.15, 0.2) is 5.16 Å². The summed E-state index contributed by atoms with van der Waals surface area (Å²) in [6.07, 6.45) is -4.39. The number of carbonyl (C=O) groups is 1. The van der Waals surface area contributed by atoms with E-state index in [1.807, 2.05) is 23.7 Å². The van der Waals surface area contributed by atoms with E-state index >= 15 is 0 Å². The maximum atomic E-state index is 12.0. The van der Waals surface area contributed by atoms with Crippen LogP contribution in [-0.2, 0) is 11.3 Å². The van der Waals surface area contributed by atoms with Crippen LogP contribution < -0.4 is 5.32 Å². The molecule has 21 heavy (non-hydrogen) atoms. The highest BCUT2D eigenvalue weighted by Crippen LogP contribution is 2.22. The monoisotopic (exact) mass is 323 g/mol. The lowest BCUT2D eigenvalue weighted by molar-refractivity contribution is -0.136. The first-order chi connectivity index (χ1) is 9.60. The molecule has 0 spiro atoms. The summed E-state index contributed by atoms with van der Waals surface area (Å²) < 4.78 is 38.0. The fourth-order valence-corrected chi connectivity index (χ4v) is 2.62. The van der Waals surface area contributed by atoms with Crippen LogP contribution in [-0.4, -0.2) is 33.9 Å². The Morgan fingerprint density at radius 1 is 1.38 bits per heavy atom. The molecule has 0 atom stereocenters. The van der Waals surface area contributed by atoms with E-state index in [-0.39, 0.29) is 5.75 Å². The lowest BCUT2D eigenvalue weighted by Gasteiger charge is -2.12. The molecule has 1 rings (SSSR count). The maximum absolute atomic E-state index is 12.0. The van der Waals surface area contributed by atoms with Crippen molar-refractivity contribution in [2.24, 2.45) is 5.92 Å². The number of aromatic nitrogens is 2. The number of nitrogens with one attached hydrogen (secondary N) is 1. The number of hydrogen-bond acceptors (Lipinski definition) is 3. The minimum atomic E-state index is -4.39. The zero-order chi connectivity index (χ0) is 16.2. The van der Waals surface area contributed by atoms with Crippen molar-refractivity contribution in [3.05, 3.63) is 11.4 Å². The van der Waals surface area contributed by atoms with Crippen LogP contribution in [0.1, 0.15) is 25.2 Å². The Bertz CT molecular complexity index is 498. The van der Waals surface area contributed by atoms with Crippen molar-refractivity contribution >= 4 is 17.7 Å². The molecule has 0 fully saturated rings. The molecule has 8 heteroatoms. The lowest BCUT2D eigenvalue weighted by atomic mass is 10.2. The molecule has 1 heterocycles. The Morgan fingerprint density at radius 3 is 2.52 bits per heavy atom. The first-order valence-corrected chi connectivity index (χ1v) is 7.58. The number of aryl methyl sites for hydroxylation is 1. The summed E-state index contributed by atoms with van der Waals surface area (Å²) in [5.41, 5.74) is 1.88. The fourth-order valence-electron chi connectivity index (χ4n) is 1.69. The number of alkyl halides is 3. The van der Waals surface area contributed by atoms with Gasteiger partial charge in [0.05, 0.1) is 11.4 Å². The maximum Gasteiger partial charge on any atom is 0.405 e. The third-order valence-corrected chi connectivity index (χ3v) is 3.77. The van der Waals surface area contributed by atoms with Crippen molar-refractivity contribution < 1.29 is 18.0 Å². The molecule has 0 saturated carbocycles. The van der Waals surface area contributed by atoms with Gasteiger partial charge in [0.2, 0.25) is 5.91 Å². The molecule has 0 saturated heterocycles.